The third kappa shape index (κ3) is 4.90. The average Bonchev–Trinajstić information content (AvgIpc) is 2.79. The smallest absolute Gasteiger partial charge is 0.0948 e. The van der Waals surface area contributed by atoms with Gasteiger partial charge in [0, 0.05) is 19.3 Å². The van der Waals surface area contributed by atoms with E-state index in [1.807, 2.05) is 12.5 Å². The van der Waals surface area contributed by atoms with Gasteiger partial charge >= 0.3 is 0 Å². The molecule has 1 aromatic rings. The lowest BCUT2D eigenvalue weighted by Gasteiger charge is -2.17. The summed E-state index contributed by atoms with van der Waals surface area (Å²) >= 11 is 0. The molecule has 0 spiro atoms. The van der Waals surface area contributed by atoms with Crippen LogP contribution in [0.2, 0.25) is 0 Å². The maximum atomic E-state index is 4.27. The summed E-state index contributed by atoms with van der Waals surface area (Å²) in [5.74, 6) is 0.796. The molecule has 1 N–H and O–H groups in total. The number of rotatable bonds is 9. The highest BCUT2D eigenvalue weighted by Crippen LogP contribution is 2.16. The van der Waals surface area contributed by atoms with Crippen molar-refractivity contribution in [2.45, 2.75) is 59.5 Å². The molecule has 0 aliphatic carbocycles. The van der Waals surface area contributed by atoms with Crippen LogP contribution in [0, 0.1) is 5.92 Å². The van der Waals surface area contributed by atoms with Crippen molar-refractivity contribution >= 4 is 0 Å². The highest BCUT2D eigenvalue weighted by atomic mass is 15.1. The number of hydrogen-bond acceptors (Lipinski definition) is 2. The zero-order chi connectivity index (χ0) is 12.5. The largest absolute Gasteiger partial charge is 0.333 e. The van der Waals surface area contributed by atoms with Gasteiger partial charge < -0.3 is 9.88 Å². The molecule has 17 heavy (non-hydrogen) atoms. The average molecular weight is 237 g/mol. The van der Waals surface area contributed by atoms with E-state index in [0.717, 1.165) is 25.6 Å². The molecule has 0 fully saturated rings. The summed E-state index contributed by atoms with van der Waals surface area (Å²) in [4.78, 5) is 4.27. The van der Waals surface area contributed by atoms with Gasteiger partial charge in [0.2, 0.25) is 0 Å². The second-order valence-corrected chi connectivity index (χ2v) is 4.73. The number of imidazole rings is 1. The lowest BCUT2D eigenvalue weighted by molar-refractivity contribution is 0.384. The van der Waals surface area contributed by atoms with Crippen LogP contribution in [-0.4, -0.2) is 16.1 Å². The molecule has 0 bridgehead atoms. The summed E-state index contributed by atoms with van der Waals surface area (Å²) in [6, 6.07) is 0. The van der Waals surface area contributed by atoms with Crippen LogP contribution < -0.4 is 5.32 Å². The third-order valence-electron chi connectivity index (χ3n) is 3.35. The molecule has 1 rings (SSSR count). The minimum absolute atomic E-state index is 0.796. The lowest BCUT2D eigenvalue weighted by atomic mass is 9.99. The molecule has 0 saturated heterocycles. The number of aromatic nitrogens is 2. The summed E-state index contributed by atoms with van der Waals surface area (Å²) in [6.07, 6.45) is 9.20. The maximum Gasteiger partial charge on any atom is 0.0948 e. The van der Waals surface area contributed by atoms with Crippen LogP contribution in [0.25, 0.3) is 0 Å². The van der Waals surface area contributed by atoms with Crippen LogP contribution in [0.1, 0.15) is 52.1 Å². The first-order valence-corrected chi connectivity index (χ1v) is 7.01. The van der Waals surface area contributed by atoms with Crippen molar-refractivity contribution in [1.82, 2.24) is 14.9 Å². The van der Waals surface area contributed by atoms with E-state index in [2.05, 4.69) is 35.6 Å². The van der Waals surface area contributed by atoms with E-state index in [-0.39, 0.29) is 0 Å². The Morgan fingerprint density at radius 3 is 2.82 bits per heavy atom. The molecule has 1 unspecified atom stereocenters. The zero-order valence-corrected chi connectivity index (χ0v) is 11.6. The van der Waals surface area contributed by atoms with E-state index in [1.165, 1.54) is 31.4 Å². The standard InChI is InChI=1S/C14H27N3/c1-4-7-8-13(5-2)11-17-12-16-10-14(17)9-15-6-3/h10,12-13,15H,4-9,11H2,1-3H3. The molecule has 1 atom stereocenters. The van der Waals surface area contributed by atoms with Gasteiger partial charge in [0.25, 0.3) is 0 Å². The summed E-state index contributed by atoms with van der Waals surface area (Å²) < 4.78 is 2.31. The molecular formula is C14H27N3. The van der Waals surface area contributed by atoms with Crippen molar-refractivity contribution in [3.05, 3.63) is 18.2 Å². The molecule has 0 aromatic carbocycles. The van der Waals surface area contributed by atoms with Crippen LogP contribution >= 0.6 is 0 Å². The van der Waals surface area contributed by atoms with Crippen molar-refractivity contribution in [2.24, 2.45) is 5.92 Å². The Bertz CT molecular complexity index is 293. The van der Waals surface area contributed by atoms with Crippen LogP contribution in [0.4, 0.5) is 0 Å². The van der Waals surface area contributed by atoms with Crippen molar-refractivity contribution in [1.29, 1.82) is 0 Å². The third-order valence-corrected chi connectivity index (χ3v) is 3.35. The predicted octanol–water partition coefficient (Wildman–Crippen LogP) is 3.21. The van der Waals surface area contributed by atoms with E-state index in [9.17, 15) is 0 Å². The molecule has 1 heterocycles. The minimum Gasteiger partial charge on any atom is -0.333 e. The fraction of sp³-hybridized carbons (Fsp3) is 0.786. The predicted molar refractivity (Wildman–Crippen MR) is 72.9 cm³/mol. The maximum absolute atomic E-state index is 4.27. The van der Waals surface area contributed by atoms with Gasteiger partial charge in [-0.05, 0) is 18.9 Å². The topological polar surface area (TPSA) is 29.9 Å². The van der Waals surface area contributed by atoms with Crippen molar-refractivity contribution < 1.29 is 0 Å². The van der Waals surface area contributed by atoms with Crippen LogP contribution in [-0.2, 0) is 13.1 Å². The number of unbranched alkanes of at least 4 members (excludes halogenated alkanes) is 1. The number of hydrogen-bond donors (Lipinski definition) is 1. The minimum atomic E-state index is 0.796. The summed E-state index contributed by atoms with van der Waals surface area (Å²) in [6.45, 7) is 9.76. The Labute approximate surface area is 106 Å². The molecule has 0 aliphatic rings. The van der Waals surface area contributed by atoms with E-state index in [4.69, 9.17) is 0 Å². The van der Waals surface area contributed by atoms with Crippen LogP contribution in [0.3, 0.4) is 0 Å². The Morgan fingerprint density at radius 1 is 1.35 bits per heavy atom. The van der Waals surface area contributed by atoms with E-state index in [1.54, 1.807) is 0 Å². The molecule has 98 valence electrons. The van der Waals surface area contributed by atoms with E-state index >= 15 is 0 Å². The van der Waals surface area contributed by atoms with Gasteiger partial charge in [0.1, 0.15) is 0 Å². The molecule has 0 amide bonds. The second-order valence-electron chi connectivity index (χ2n) is 4.73. The fourth-order valence-electron chi connectivity index (χ4n) is 2.11. The molecule has 0 radical (unpaired) electrons. The van der Waals surface area contributed by atoms with Gasteiger partial charge in [-0.2, -0.15) is 0 Å². The summed E-state index contributed by atoms with van der Waals surface area (Å²) in [7, 11) is 0. The SMILES string of the molecule is CCCCC(CC)Cn1cncc1CNCC. The fourth-order valence-corrected chi connectivity index (χ4v) is 2.11. The monoisotopic (exact) mass is 237 g/mol. The van der Waals surface area contributed by atoms with Crippen LogP contribution in [0.15, 0.2) is 12.5 Å². The van der Waals surface area contributed by atoms with Gasteiger partial charge in [-0.25, -0.2) is 4.98 Å². The van der Waals surface area contributed by atoms with Crippen molar-refractivity contribution in [3.8, 4) is 0 Å². The molecule has 3 nitrogen and oxygen atoms in total. The van der Waals surface area contributed by atoms with Gasteiger partial charge in [0.05, 0.1) is 12.0 Å². The van der Waals surface area contributed by atoms with Crippen molar-refractivity contribution in [2.75, 3.05) is 6.54 Å². The Hall–Kier alpha value is -0.830. The second kappa shape index (κ2) is 8.29. The molecule has 0 aliphatic heterocycles. The number of nitrogens with one attached hydrogen (secondary N) is 1. The van der Waals surface area contributed by atoms with Crippen LogP contribution in [0.5, 0.6) is 0 Å². The van der Waals surface area contributed by atoms with E-state index < -0.39 is 0 Å². The highest BCUT2D eigenvalue weighted by molar-refractivity contribution is 4.98. The van der Waals surface area contributed by atoms with E-state index in [0.29, 0.717) is 0 Å². The molecule has 1 aromatic heterocycles. The van der Waals surface area contributed by atoms with Gasteiger partial charge in [-0.1, -0.05) is 40.0 Å². The first kappa shape index (κ1) is 14.2. The number of nitrogens with zero attached hydrogens (tertiary/aromatic N) is 2. The van der Waals surface area contributed by atoms with Gasteiger partial charge in [0.15, 0.2) is 0 Å². The van der Waals surface area contributed by atoms with Gasteiger partial charge in [-0.3, -0.25) is 0 Å². The van der Waals surface area contributed by atoms with Crippen molar-refractivity contribution in [3.63, 3.8) is 0 Å². The molecule has 3 heteroatoms. The first-order chi connectivity index (χ1) is 8.31. The van der Waals surface area contributed by atoms with Gasteiger partial charge in [-0.15, -0.1) is 0 Å². The molecular weight excluding hydrogens is 210 g/mol. The Balaban J connectivity index is 2.50. The normalized spacial score (nSPS) is 12.9. The Morgan fingerprint density at radius 2 is 2.18 bits per heavy atom. The Kier molecular flexibility index (Phi) is 6.94. The molecule has 0 saturated carbocycles. The zero-order valence-electron chi connectivity index (χ0n) is 11.6. The highest BCUT2D eigenvalue weighted by Gasteiger charge is 2.09. The first-order valence-electron chi connectivity index (χ1n) is 7.01. The lowest BCUT2D eigenvalue weighted by Crippen LogP contribution is -2.17. The quantitative estimate of drug-likeness (QED) is 0.714. The summed E-state index contributed by atoms with van der Waals surface area (Å²) in [5, 5.41) is 3.36. The summed E-state index contributed by atoms with van der Waals surface area (Å²) in [5.41, 5.74) is 1.31.